The van der Waals surface area contributed by atoms with E-state index in [1.54, 1.807) is 0 Å². The first-order valence-corrected chi connectivity index (χ1v) is 14.3. The molecule has 0 atom stereocenters. The molecule has 16 heavy (non-hydrogen) atoms. The summed E-state index contributed by atoms with van der Waals surface area (Å²) in [6.07, 6.45) is 0. The summed E-state index contributed by atoms with van der Waals surface area (Å²) in [5.74, 6) is 2.20. The maximum Gasteiger partial charge on any atom is 0.590 e. The van der Waals surface area contributed by atoms with E-state index in [-0.39, 0.29) is 0 Å². The Balaban J connectivity index is 2.93. The second kappa shape index (κ2) is 16.5. The zero-order valence-electron chi connectivity index (χ0n) is 10.3. The van der Waals surface area contributed by atoms with Gasteiger partial charge in [0.2, 0.25) is 0 Å². The molecule has 0 aliphatic rings. The Morgan fingerprint density at radius 2 is 1.44 bits per heavy atom. The third kappa shape index (κ3) is 15.5. The van der Waals surface area contributed by atoms with Crippen LogP contribution in [0.3, 0.4) is 0 Å². The molecule has 0 heterocycles. The van der Waals surface area contributed by atoms with Crippen molar-refractivity contribution in [3.05, 3.63) is 0 Å². The molecule has 0 aliphatic heterocycles. The molecule has 0 amide bonds. The predicted molar refractivity (Wildman–Crippen MR) is 72.9 cm³/mol. The van der Waals surface area contributed by atoms with E-state index >= 15 is 0 Å². The highest BCUT2D eigenvalue weighted by Gasteiger charge is 2.11. The van der Waals surface area contributed by atoms with Crippen LogP contribution in [0.15, 0.2) is 0 Å². The Kier molecular flexibility index (Phi) is 20.1. The van der Waals surface area contributed by atoms with Crippen LogP contribution < -0.4 is 0 Å². The fourth-order valence-electron chi connectivity index (χ4n) is 0.678. The summed E-state index contributed by atoms with van der Waals surface area (Å²) >= 11 is -4.06. The van der Waals surface area contributed by atoms with Crippen molar-refractivity contribution in [2.24, 2.45) is 0 Å². The summed E-state index contributed by atoms with van der Waals surface area (Å²) in [6, 6.07) is 0. The van der Waals surface area contributed by atoms with Gasteiger partial charge in [-0.2, -0.15) is 0 Å². The van der Waals surface area contributed by atoms with Crippen LogP contribution in [0.2, 0.25) is 11.1 Å². The molecular weight excluding hydrogens is 321 g/mol. The highest BCUT2D eigenvalue weighted by atomic mass is 27.3. The van der Waals surface area contributed by atoms with Gasteiger partial charge < -0.3 is 17.0 Å². The zero-order valence-corrected chi connectivity index (χ0v) is 20.5. The molecule has 0 saturated carbocycles. The number of rotatable bonds is 12. The molecule has 0 rings (SSSR count). The first-order chi connectivity index (χ1) is 7.81. The maximum atomic E-state index is 5.61. The second-order valence-corrected chi connectivity index (χ2v) is 16.9. The molecular formula is C3H15Al7O6. The van der Waals surface area contributed by atoms with Crippen LogP contribution in [0, 0.1) is 0 Å². The van der Waals surface area contributed by atoms with E-state index in [1.807, 2.05) is 0 Å². The molecule has 0 aromatic carbocycles. The van der Waals surface area contributed by atoms with E-state index in [9.17, 15) is 0 Å². The van der Waals surface area contributed by atoms with E-state index in [4.69, 9.17) is 17.0 Å². The zero-order chi connectivity index (χ0) is 12.1. The van der Waals surface area contributed by atoms with Gasteiger partial charge in [-0.1, -0.05) is 18.0 Å². The van der Waals surface area contributed by atoms with Crippen molar-refractivity contribution in [1.82, 2.24) is 0 Å². The monoisotopic (exact) mass is 336 g/mol. The third-order valence-electron chi connectivity index (χ3n) is 1.71. The number of hydrogen-bond acceptors (Lipinski definition) is 6. The lowest BCUT2D eigenvalue weighted by Gasteiger charge is -2.08. The van der Waals surface area contributed by atoms with Gasteiger partial charge in [0.15, 0.2) is 0 Å². The third-order valence-corrected chi connectivity index (χ3v) is 12.0. The van der Waals surface area contributed by atoms with E-state index in [2.05, 4.69) is 12.7 Å². The van der Waals surface area contributed by atoms with Crippen molar-refractivity contribution in [1.29, 1.82) is 0 Å². The molecule has 0 saturated heterocycles. The lowest BCUT2D eigenvalue weighted by atomic mass is 11.0. The van der Waals surface area contributed by atoms with Crippen LogP contribution in [0.1, 0.15) is 6.92 Å². The normalized spacial score (nSPS) is 9.38. The first kappa shape index (κ1) is 19.5. The van der Waals surface area contributed by atoms with Crippen LogP contribution in [0.25, 0.3) is 0 Å². The smallest absolute Gasteiger partial charge is 0.590 e. The van der Waals surface area contributed by atoms with Crippen molar-refractivity contribution >= 4 is 111 Å². The first-order valence-electron chi connectivity index (χ1n) is 5.22. The van der Waals surface area contributed by atoms with Crippen molar-refractivity contribution in [3.8, 4) is 0 Å². The van der Waals surface area contributed by atoms with E-state index in [0.717, 1.165) is 16.6 Å². The highest BCUT2D eigenvalue weighted by Crippen LogP contribution is 1.90. The van der Waals surface area contributed by atoms with Gasteiger partial charge in [0, 0.05) is 0 Å². The van der Waals surface area contributed by atoms with E-state index in [0.29, 0.717) is 0 Å². The van der Waals surface area contributed by atoms with Crippen molar-refractivity contribution < 1.29 is 17.0 Å². The molecule has 13 heteroatoms. The van der Waals surface area contributed by atoms with Crippen LogP contribution in [-0.2, 0) is 17.0 Å². The van der Waals surface area contributed by atoms with Crippen LogP contribution in [0.4, 0.5) is 0 Å². The minimum atomic E-state index is -0.895. The standard InChI is InChI=1S/C2H5.CH3.7Al.6O.7H/c1-2;;;;;;;;;;;;;;;;;;;;;/h1H2,2H3;1H3;;;;;;;;;;;;;;;;;;;;. The minimum absolute atomic E-state index is 0.701. The van der Waals surface area contributed by atoms with Gasteiger partial charge in [0.25, 0.3) is 0 Å². The van der Waals surface area contributed by atoms with Crippen molar-refractivity contribution in [2.75, 3.05) is 0 Å². The Labute approximate surface area is 143 Å². The highest BCUT2D eigenvalue weighted by molar-refractivity contribution is 6.57. The van der Waals surface area contributed by atoms with Gasteiger partial charge in [0.1, 0.15) is 0 Å². The quantitative estimate of drug-likeness (QED) is 0.274. The summed E-state index contributed by atoms with van der Waals surface area (Å²) in [4.78, 5) is 0. The molecule has 0 radical (unpaired) electrons. The molecule has 0 unspecified atom stereocenters. The largest absolute Gasteiger partial charge is 0.623 e. The van der Waals surface area contributed by atoms with E-state index in [1.165, 1.54) is 5.28 Å². The molecule has 0 N–H and O–H groups in total. The molecule has 84 valence electrons. The lowest BCUT2D eigenvalue weighted by Crippen LogP contribution is -2.21. The Morgan fingerprint density at radius 3 is 1.94 bits per heavy atom. The second-order valence-electron chi connectivity index (χ2n) is 3.08. The van der Waals surface area contributed by atoms with Crippen molar-refractivity contribution in [3.63, 3.8) is 0 Å². The van der Waals surface area contributed by atoms with Gasteiger partial charge in [-0.3, -0.25) is 0 Å². The molecule has 0 bridgehead atoms. The average molecular weight is 336 g/mol. The summed E-state index contributed by atoms with van der Waals surface area (Å²) < 4.78 is 32.0. The van der Waals surface area contributed by atoms with Gasteiger partial charge in [-0.15, -0.1) is 0 Å². The van der Waals surface area contributed by atoms with Gasteiger partial charge in [-0.25, -0.2) is 0 Å². The van der Waals surface area contributed by atoms with Gasteiger partial charge in [-0.05, 0) is 0 Å². The maximum absolute atomic E-state index is 5.61. The fourth-order valence-corrected chi connectivity index (χ4v) is 11.7. The summed E-state index contributed by atoms with van der Waals surface area (Å²) in [5, 5.41) is 1.17. The van der Waals surface area contributed by atoms with Crippen LogP contribution in [-0.4, -0.2) is 111 Å². The molecule has 6 nitrogen and oxygen atoms in total. The molecule has 0 aromatic heterocycles. The van der Waals surface area contributed by atoms with E-state index < -0.39 is 93.9 Å². The summed E-state index contributed by atoms with van der Waals surface area (Å²) in [5.41, 5.74) is 0. The minimum Gasteiger partial charge on any atom is -0.623 e. The van der Waals surface area contributed by atoms with Crippen LogP contribution in [0.5, 0.6) is 0 Å². The summed E-state index contributed by atoms with van der Waals surface area (Å²) in [6.45, 7) is 2.16. The molecule has 0 aliphatic carbocycles. The Morgan fingerprint density at radius 1 is 0.938 bits per heavy atom. The summed E-state index contributed by atoms with van der Waals surface area (Å²) in [7, 11) is 0. The fraction of sp³-hybridized carbons (Fsp3) is 1.00. The SMILES string of the molecule is C[CH2][Al]([CH3])[O][AlH][O][AlH][O][AlH][O][AlH][O][AlH][O][AlH2]. The predicted octanol–water partition coefficient (Wildman–Crippen LogP) is -3.39. The molecule has 0 spiro atoms. The Hall–Kier alpha value is 3.49. The molecule has 0 aromatic rings. The van der Waals surface area contributed by atoms with Crippen molar-refractivity contribution in [2.45, 2.75) is 18.0 Å². The number of hydrogen-bond donors (Lipinski definition) is 0. The van der Waals surface area contributed by atoms with Gasteiger partial charge in [0.05, 0.1) is 0 Å². The lowest BCUT2D eigenvalue weighted by molar-refractivity contribution is 0.378. The topological polar surface area (TPSA) is 55.4 Å². The van der Waals surface area contributed by atoms with Crippen LogP contribution >= 0.6 is 0 Å². The molecule has 0 fully saturated rings. The Bertz CT molecular complexity index is 141. The average Bonchev–Trinajstić information content (AvgIpc) is 2.31. The van der Waals surface area contributed by atoms with Gasteiger partial charge >= 0.3 is 111 Å².